The fourth-order valence-corrected chi connectivity index (χ4v) is 2.16. The molecule has 0 aliphatic carbocycles. The number of hydrogen-bond acceptors (Lipinski definition) is 5. The van der Waals surface area contributed by atoms with Crippen molar-refractivity contribution < 1.29 is 23.5 Å². The van der Waals surface area contributed by atoms with Crippen molar-refractivity contribution in [2.24, 2.45) is 0 Å². The molecule has 2 rings (SSSR count). The Bertz CT molecular complexity index is 470. The third kappa shape index (κ3) is 4.70. The molecule has 1 aliphatic rings. The average Bonchev–Trinajstić information content (AvgIpc) is 2.72. The predicted octanol–water partition coefficient (Wildman–Crippen LogP) is 2.03. The number of rotatable bonds is 8. The summed E-state index contributed by atoms with van der Waals surface area (Å²) < 4.78 is 28.0. The molecule has 0 N–H and O–H groups in total. The van der Waals surface area contributed by atoms with Crippen LogP contribution < -0.4 is 10.2 Å². The third-order valence-electron chi connectivity index (χ3n) is 4.33. The van der Waals surface area contributed by atoms with E-state index in [1.165, 1.54) is 0 Å². The van der Waals surface area contributed by atoms with Crippen molar-refractivity contribution in [2.75, 3.05) is 33.5 Å². The van der Waals surface area contributed by atoms with Crippen molar-refractivity contribution in [2.45, 2.75) is 38.9 Å². The molecule has 1 aliphatic heterocycles. The first-order chi connectivity index (χ1) is 10.9. The van der Waals surface area contributed by atoms with Gasteiger partial charge in [-0.15, -0.1) is 0 Å². The van der Waals surface area contributed by atoms with Crippen LogP contribution in [0.1, 0.15) is 27.7 Å². The van der Waals surface area contributed by atoms with Crippen LogP contribution in [0.4, 0.5) is 0 Å². The second-order valence-corrected chi connectivity index (χ2v) is 6.61. The number of hydrogen-bond donors (Lipinski definition) is 0. The summed E-state index contributed by atoms with van der Waals surface area (Å²) >= 11 is 0. The largest absolute Gasteiger partial charge is 0.494 e. The Morgan fingerprint density at radius 2 is 1.43 bits per heavy atom. The first kappa shape index (κ1) is 18.3. The van der Waals surface area contributed by atoms with Gasteiger partial charge in [0.15, 0.2) is 0 Å². The maximum Gasteiger partial charge on any atom is 0.494 e. The molecule has 0 unspecified atom stereocenters. The van der Waals surface area contributed by atoms with Gasteiger partial charge in [-0.05, 0) is 45.3 Å². The van der Waals surface area contributed by atoms with Crippen LogP contribution in [0.15, 0.2) is 24.3 Å². The van der Waals surface area contributed by atoms with Gasteiger partial charge in [0.05, 0.1) is 31.0 Å². The van der Waals surface area contributed by atoms with E-state index in [0.29, 0.717) is 26.4 Å². The van der Waals surface area contributed by atoms with Crippen LogP contribution in [-0.2, 0) is 18.8 Å². The standard InChI is InChI=1S/C17H27BO5/c1-16(2)17(3,4)23-18(22-16)14-6-8-15(9-7-14)21-13-12-20-11-10-19-5/h6-9H,10-13H2,1-5H3. The first-order valence-corrected chi connectivity index (χ1v) is 8.01. The molecular formula is C17H27BO5. The van der Waals surface area contributed by atoms with Gasteiger partial charge in [0.25, 0.3) is 0 Å². The van der Waals surface area contributed by atoms with Gasteiger partial charge in [-0.2, -0.15) is 0 Å². The lowest BCUT2D eigenvalue weighted by atomic mass is 9.79. The Hall–Kier alpha value is -1.08. The van der Waals surface area contributed by atoms with Crippen LogP contribution in [0.25, 0.3) is 0 Å². The fourth-order valence-electron chi connectivity index (χ4n) is 2.16. The van der Waals surface area contributed by atoms with Gasteiger partial charge in [0.1, 0.15) is 12.4 Å². The molecule has 1 heterocycles. The summed E-state index contributed by atoms with van der Waals surface area (Å²) in [4.78, 5) is 0. The second kappa shape index (κ2) is 7.66. The minimum atomic E-state index is -0.341. The van der Waals surface area contributed by atoms with Gasteiger partial charge < -0.3 is 23.5 Å². The molecule has 0 aromatic heterocycles. The Morgan fingerprint density at radius 3 is 2.00 bits per heavy atom. The third-order valence-corrected chi connectivity index (χ3v) is 4.33. The van der Waals surface area contributed by atoms with Crippen LogP contribution in [0, 0.1) is 0 Å². The lowest BCUT2D eigenvalue weighted by molar-refractivity contribution is 0.00578. The molecule has 0 radical (unpaired) electrons. The highest BCUT2D eigenvalue weighted by atomic mass is 16.7. The molecule has 1 saturated heterocycles. The lowest BCUT2D eigenvalue weighted by Gasteiger charge is -2.32. The maximum atomic E-state index is 6.03. The van der Waals surface area contributed by atoms with Crippen LogP contribution in [0.3, 0.4) is 0 Å². The Labute approximate surface area is 139 Å². The van der Waals surface area contributed by atoms with Crippen LogP contribution in [-0.4, -0.2) is 51.9 Å². The van der Waals surface area contributed by atoms with E-state index in [4.69, 9.17) is 23.5 Å². The summed E-state index contributed by atoms with van der Waals surface area (Å²) in [5, 5.41) is 0. The van der Waals surface area contributed by atoms with Crippen molar-refractivity contribution in [3.8, 4) is 5.75 Å². The highest BCUT2D eigenvalue weighted by Crippen LogP contribution is 2.36. The van der Waals surface area contributed by atoms with E-state index >= 15 is 0 Å². The quantitative estimate of drug-likeness (QED) is 0.541. The monoisotopic (exact) mass is 322 g/mol. The normalized spacial score (nSPS) is 19.1. The molecule has 5 nitrogen and oxygen atoms in total. The highest BCUT2D eigenvalue weighted by molar-refractivity contribution is 6.62. The summed E-state index contributed by atoms with van der Waals surface area (Å²) in [6, 6.07) is 7.80. The molecule has 0 amide bonds. The van der Waals surface area contributed by atoms with E-state index in [0.717, 1.165) is 11.2 Å². The molecule has 128 valence electrons. The molecule has 1 aromatic carbocycles. The molecule has 1 fully saturated rings. The van der Waals surface area contributed by atoms with E-state index in [1.807, 2.05) is 52.0 Å². The second-order valence-electron chi connectivity index (χ2n) is 6.61. The zero-order valence-electron chi connectivity index (χ0n) is 14.8. The van der Waals surface area contributed by atoms with Gasteiger partial charge >= 0.3 is 7.12 Å². The van der Waals surface area contributed by atoms with Crippen LogP contribution >= 0.6 is 0 Å². The topological polar surface area (TPSA) is 46.2 Å². The van der Waals surface area contributed by atoms with Crippen LogP contribution in [0.5, 0.6) is 5.75 Å². The van der Waals surface area contributed by atoms with Gasteiger partial charge in [-0.25, -0.2) is 0 Å². The molecule has 0 atom stereocenters. The van der Waals surface area contributed by atoms with Gasteiger partial charge in [-0.3, -0.25) is 0 Å². The lowest BCUT2D eigenvalue weighted by Crippen LogP contribution is -2.41. The number of ether oxygens (including phenoxy) is 3. The summed E-state index contributed by atoms with van der Waals surface area (Å²) in [6.45, 7) is 10.4. The molecule has 6 heteroatoms. The van der Waals surface area contributed by atoms with Crippen molar-refractivity contribution in [1.29, 1.82) is 0 Å². The fraction of sp³-hybridized carbons (Fsp3) is 0.647. The zero-order valence-corrected chi connectivity index (χ0v) is 14.8. The van der Waals surface area contributed by atoms with E-state index in [-0.39, 0.29) is 18.3 Å². The molecule has 0 spiro atoms. The summed E-state index contributed by atoms with van der Waals surface area (Å²) in [5.41, 5.74) is 0.339. The average molecular weight is 322 g/mol. The summed E-state index contributed by atoms with van der Waals surface area (Å²) in [5.74, 6) is 0.806. The van der Waals surface area contributed by atoms with Crippen molar-refractivity contribution in [1.82, 2.24) is 0 Å². The Balaban J connectivity index is 1.81. The highest BCUT2D eigenvalue weighted by Gasteiger charge is 2.51. The van der Waals surface area contributed by atoms with Crippen LogP contribution in [0.2, 0.25) is 0 Å². The first-order valence-electron chi connectivity index (χ1n) is 8.01. The minimum absolute atomic E-state index is 0.327. The zero-order chi connectivity index (χ0) is 16.9. The van der Waals surface area contributed by atoms with Crippen molar-refractivity contribution in [3.05, 3.63) is 24.3 Å². The predicted molar refractivity (Wildman–Crippen MR) is 90.3 cm³/mol. The van der Waals surface area contributed by atoms with Gasteiger partial charge in [0.2, 0.25) is 0 Å². The smallest absolute Gasteiger partial charge is 0.491 e. The van der Waals surface area contributed by atoms with Crippen molar-refractivity contribution in [3.63, 3.8) is 0 Å². The molecule has 1 aromatic rings. The molecule has 0 saturated carbocycles. The number of benzene rings is 1. The minimum Gasteiger partial charge on any atom is -0.491 e. The maximum absolute atomic E-state index is 6.03. The van der Waals surface area contributed by atoms with E-state index < -0.39 is 0 Å². The van der Waals surface area contributed by atoms with E-state index in [2.05, 4.69) is 0 Å². The SMILES string of the molecule is COCCOCCOc1ccc(B2OC(C)(C)C(C)(C)O2)cc1. The van der Waals surface area contributed by atoms with Gasteiger partial charge in [-0.1, -0.05) is 12.1 Å². The molecule has 23 heavy (non-hydrogen) atoms. The number of methoxy groups -OCH3 is 1. The van der Waals surface area contributed by atoms with Crippen molar-refractivity contribution >= 4 is 12.6 Å². The summed E-state index contributed by atoms with van der Waals surface area (Å²) in [7, 11) is 1.31. The van der Waals surface area contributed by atoms with E-state index in [1.54, 1.807) is 7.11 Å². The molecular weight excluding hydrogens is 295 g/mol. The molecule has 0 bridgehead atoms. The van der Waals surface area contributed by atoms with Gasteiger partial charge in [0, 0.05) is 7.11 Å². The Kier molecular flexibility index (Phi) is 6.09. The summed E-state index contributed by atoms with van der Waals surface area (Å²) in [6.07, 6.45) is 0. The Morgan fingerprint density at radius 1 is 0.870 bits per heavy atom. The van der Waals surface area contributed by atoms with E-state index in [9.17, 15) is 0 Å².